The average molecular weight is 472 g/mol. The topological polar surface area (TPSA) is 86.9 Å². The fourth-order valence-electron chi connectivity index (χ4n) is 4.79. The molecule has 2 aromatic carbocycles. The Kier molecular flexibility index (Phi) is 7.23. The lowest BCUT2D eigenvalue weighted by Crippen LogP contribution is -2.29. The number of fused-ring (bicyclic) bond motifs is 1. The molecule has 0 bridgehead atoms. The molecule has 3 heterocycles. The average Bonchev–Trinajstić information content (AvgIpc) is 3.28. The van der Waals surface area contributed by atoms with Crippen molar-refractivity contribution in [1.82, 2.24) is 24.8 Å². The summed E-state index contributed by atoms with van der Waals surface area (Å²) in [4.78, 5) is 30.8. The molecule has 182 valence electrons. The Bertz CT molecular complexity index is 1300. The number of rotatable bonds is 9. The number of imidazole rings is 1. The second-order valence-electron chi connectivity index (χ2n) is 9.39. The van der Waals surface area contributed by atoms with E-state index in [0.29, 0.717) is 30.8 Å². The fourth-order valence-corrected chi connectivity index (χ4v) is 4.79. The Hall–Kier alpha value is -3.45. The van der Waals surface area contributed by atoms with E-state index in [9.17, 15) is 4.79 Å². The van der Waals surface area contributed by atoms with E-state index in [1.807, 2.05) is 37.3 Å². The van der Waals surface area contributed by atoms with Gasteiger partial charge in [0.05, 0.1) is 17.6 Å². The van der Waals surface area contributed by atoms with E-state index in [4.69, 9.17) is 4.74 Å². The molecule has 2 N–H and O–H groups in total. The van der Waals surface area contributed by atoms with Crippen molar-refractivity contribution < 1.29 is 4.74 Å². The van der Waals surface area contributed by atoms with Crippen molar-refractivity contribution in [3.63, 3.8) is 0 Å². The summed E-state index contributed by atoms with van der Waals surface area (Å²) in [7, 11) is 0. The molecule has 1 saturated heterocycles. The van der Waals surface area contributed by atoms with Crippen LogP contribution in [-0.4, -0.2) is 44.5 Å². The predicted molar refractivity (Wildman–Crippen MR) is 138 cm³/mol. The molecule has 0 atom stereocenters. The van der Waals surface area contributed by atoms with Gasteiger partial charge in [0, 0.05) is 30.6 Å². The van der Waals surface area contributed by atoms with Crippen LogP contribution < -0.4 is 10.3 Å². The molecule has 0 unspecified atom stereocenters. The highest BCUT2D eigenvalue weighted by Crippen LogP contribution is 2.18. The summed E-state index contributed by atoms with van der Waals surface area (Å²) in [5, 5.41) is 0. The minimum Gasteiger partial charge on any atom is -0.494 e. The largest absolute Gasteiger partial charge is 0.494 e. The summed E-state index contributed by atoms with van der Waals surface area (Å²) < 4.78 is 6.00. The number of aromatic nitrogens is 4. The van der Waals surface area contributed by atoms with Crippen molar-refractivity contribution in [2.24, 2.45) is 0 Å². The lowest BCUT2D eigenvalue weighted by Gasteiger charge is -2.26. The van der Waals surface area contributed by atoms with Gasteiger partial charge in [0.25, 0.3) is 5.56 Å². The van der Waals surface area contributed by atoms with Crippen LogP contribution in [0.25, 0.3) is 11.0 Å². The normalized spacial score (nSPS) is 14.4. The zero-order valence-corrected chi connectivity index (χ0v) is 20.3. The number of hydrogen-bond acceptors (Lipinski definition) is 5. The monoisotopic (exact) mass is 471 g/mol. The molecule has 0 aliphatic carbocycles. The van der Waals surface area contributed by atoms with E-state index in [-0.39, 0.29) is 5.56 Å². The zero-order chi connectivity index (χ0) is 24.0. The lowest BCUT2D eigenvalue weighted by atomic mass is 10.1. The molecule has 0 amide bonds. The number of piperidine rings is 1. The molecule has 35 heavy (non-hydrogen) atoms. The number of nitrogens with zero attached hydrogens (tertiary/aromatic N) is 3. The van der Waals surface area contributed by atoms with Crippen molar-refractivity contribution in [3.8, 4) is 5.75 Å². The van der Waals surface area contributed by atoms with E-state index < -0.39 is 0 Å². The van der Waals surface area contributed by atoms with Crippen molar-refractivity contribution in [3.05, 3.63) is 87.4 Å². The van der Waals surface area contributed by atoms with E-state index >= 15 is 0 Å². The van der Waals surface area contributed by atoms with Gasteiger partial charge < -0.3 is 14.7 Å². The van der Waals surface area contributed by atoms with Gasteiger partial charge in [-0.1, -0.05) is 30.7 Å². The van der Waals surface area contributed by atoms with Gasteiger partial charge in [0.15, 0.2) is 0 Å². The molecule has 2 aromatic heterocycles. The van der Waals surface area contributed by atoms with E-state index in [0.717, 1.165) is 41.3 Å². The molecular weight excluding hydrogens is 438 g/mol. The molecule has 5 rings (SSSR count). The number of aromatic amines is 2. The Morgan fingerprint density at radius 1 is 0.971 bits per heavy atom. The third-order valence-electron chi connectivity index (χ3n) is 6.63. The SMILES string of the molecule is Cc1nc(CCCOc2cccc(CN3CCCCC3)c2)[nH]c(=O)c1Cc1nc2ccccc2[nH]1. The van der Waals surface area contributed by atoms with Crippen LogP contribution in [0.3, 0.4) is 0 Å². The first-order valence-corrected chi connectivity index (χ1v) is 12.6. The van der Waals surface area contributed by atoms with Gasteiger partial charge in [-0.3, -0.25) is 9.69 Å². The van der Waals surface area contributed by atoms with Crippen molar-refractivity contribution >= 4 is 11.0 Å². The Morgan fingerprint density at radius 3 is 2.66 bits per heavy atom. The van der Waals surface area contributed by atoms with Crippen LogP contribution in [0.1, 0.15) is 54.2 Å². The smallest absolute Gasteiger partial charge is 0.254 e. The standard InChI is InChI=1S/C28H33N5O2/c1-20-23(18-27-30-24-11-3-4-12-25(24)31-27)28(34)32-26(29-20)13-8-16-35-22-10-7-9-21(17-22)19-33-14-5-2-6-15-33/h3-4,7,9-12,17H,2,5-6,8,13-16,18-19H2,1H3,(H,30,31)(H,29,32,34). The molecule has 7 heteroatoms. The molecule has 7 nitrogen and oxygen atoms in total. The van der Waals surface area contributed by atoms with Crippen LogP contribution in [0.2, 0.25) is 0 Å². The Morgan fingerprint density at radius 2 is 1.83 bits per heavy atom. The summed E-state index contributed by atoms with van der Waals surface area (Å²) in [5.41, 5.74) is 4.46. The predicted octanol–water partition coefficient (Wildman–Crippen LogP) is 4.54. The van der Waals surface area contributed by atoms with Crippen molar-refractivity contribution in [2.45, 2.75) is 52.0 Å². The summed E-state index contributed by atoms with van der Waals surface area (Å²) >= 11 is 0. The van der Waals surface area contributed by atoms with Crippen molar-refractivity contribution in [1.29, 1.82) is 0 Å². The maximum atomic E-state index is 12.8. The fraction of sp³-hybridized carbons (Fsp3) is 0.393. The molecule has 1 fully saturated rings. The van der Waals surface area contributed by atoms with Crippen LogP contribution >= 0.6 is 0 Å². The van der Waals surface area contributed by atoms with Crippen LogP contribution in [-0.2, 0) is 19.4 Å². The molecular formula is C28H33N5O2. The van der Waals surface area contributed by atoms with Gasteiger partial charge in [-0.2, -0.15) is 0 Å². The molecule has 0 radical (unpaired) electrons. The number of H-pyrrole nitrogens is 2. The number of nitrogens with one attached hydrogen (secondary N) is 2. The molecule has 1 aliphatic rings. The van der Waals surface area contributed by atoms with E-state index in [1.165, 1.54) is 37.9 Å². The van der Waals surface area contributed by atoms with Crippen LogP contribution in [0.5, 0.6) is 5.75 Å². The molecule has 0 spiro atoms. The van der Waals surface area contributed by atoms with Crippen molar-refractivity contribution in [2.75, 3.05) is 19.7 Å². The number of likely N-dealkylation sites (tertiary alicyclic amines) is 1. The molecule has 0 saturated carbocycles. The first kappa shape index (κ1) is 23.3. The Labute approximate surface area is 205 Å². The summed E-state index contributed by atoms with van der Waals surface area (Å²) in [6, 6.07) is 16.3. The minimum absolute atomic E-state index is 0.0979. The highest BCUT2D eigenvalue weighted by atomic mass is 16.5. The van der Waals surface area contributed by atoms with E-state index in [2.05, 4.69) is 43.0 Å². The summed E-state index contributed by atoms with van der Waals surface area (Å²) in [6.07, 6.45) is 5.82. The van der Waals surface area contributed by atoms with Gasteiger partial charge in [0.2, 0.25) is 0 Å². The van der Waals surface area contributed by atoms with Crippen LogP contribution in [0, 0.1) is 6.92 Å². The van der Waals surface area contributed by atoms with Gasteiger partial charge in [0.1, 0.15) is 17.4 Å². The number of benzene rings is 2. The number of para-hydroxylation sites is 2. The van der Waals surface area contributed by atoms with E-state index in [1.54, 1.807) is 0 Å². The number of hydrogen-bond donors (Lipinski definition) is 2. The second-order valence-corrected chi connectivity index (χ2v) is 9.39. The number of aryl methyl sites for hydroxylation is 2. The Balaban J connectivity index is 1.14. The quantitative estimate of drug-likeness (QED) is 0.350. The minimum atomic E-state index is -0.0979. The summed E-state index contributed by atoms with van der Waals surface area (Å²) in [5.74, 6) is 2.37. The van der Waals surface area contributed by atoms with Crippen LogP contribution in [0.15, 0.2) is 53.3 Å². The zero-order valence-electron chi connectivity index (χ0n) is 20.3. The molecule has 1 aliphatic heterocycles. The molecule has 4 aromatic rings. The van der Waals surface area contributed by atoms with Gasteiger partial charge in [-0.25, -0.2) is 9.97 Å². The second kappa shape index (κ2) is 10.9. The van der Waals surface area contributed by atoms with Gasteiger partial charge in [-0.05, 0) is 69.1 Å². The lowest BCUT2D eigenvalue weighted by molar-refractivity contribution is 0.220. The number of ether oxygens (including phenoxy) is 1. The van der Waals surface area contributed by atoms with Gasteiger partial charge in [-0.15, -0.1) is 0 Å². The maximum Gasteiger partial charge on any atom is 0.254 e. The highest BCUT2D eigenvalue weighted by molar-refractivity contribution is 5.74. The summed E-state index contributed by atoms with van der Waals surface area (Å²) in [6.45, 7) is 5.83. The highest BCUT2D eigenvalue weighted by Gasteiger charge is 2.13. The third kappa shape index (κ3) is 5.98. The van der Waals surface area contributed by atoms with Crippen LogP contribution in [0.4, 0.5) is 0 Å². The van der Waals surface area contributed by atoms with Gasteiger partial charge >= 0.3 is 0 Å². The first-order valence-electron chi connectivity index (χ1n) is 12.6. The first-order chi connectivity index (χ1) is 17.1. The third-order valence-corrected chi connectivity index (χ3v) is 6.63. The maximum absolute atomic E-state index is 12.8.